The molecule has 5 rings (SSSR count). The fraction of sp³-hybridized carbons (Fsp3) is 0.148. The molecule has 0 saturated carbocycles. The van der Waals surface area contributed by atoms with Gasteiger partial charge in [-0.15, -0.1) is 0 Å². The Labute approximate surface area is 181 Å². The fourth-order valence-electron chi connectivity index (χ4n) is 4.26. The van der Waals surface area contributed by atoms with E-state index in [2.05, 4.69) is 41.1 Å². The van der Waals surface area contributed by atoms with Gasteiger partial charge in [-0.1, -0.05) is 54.6 Å². The minimum absolute atomic E-state index is 0.175. The summed E-state index contributed by atoms with van der Waals surface area (Å²) in [5.74, 6) is 0.536. The number of carbonyl (C=O) groups excluding carboxylic acids is 1. The van der Waals surface area contributed by atoms with E-state index in [-0.39, 0.29) is 5.91 Å². The highest BCUT2D eigenvalue weighted by Crippen LogP contribution is 2.31. The molecule has 0 aliphatic carbocycles. The van der Waals surface area contributed by atoms with Gasteiger partial charge in [0, 0.05) is 39.4 Å². The van der Waals surface area contributed by atoms with Crippen molar-refractivity contribution >= 4 is 44.2 Å². The quantitative estimate of drug-likeness (QED) is 0.367. The van der Waals surface area contributed by atoms with Gasteiger partial charge >= 0.3 is 0 Å². The lowest BCUT2D eigenvalue weighted by Gasteiger charge is -2.16. The number of benzene rings is 4. The summed E-state index contributed by atoms with van der Waals surface area (Å²) in [6, 6.07) is 28.3. The molecule has 1 heterocycles. The highest BCUT2D eigenvalue weighted by molar-refractivity contribution is 6.10. The predicted molar refractivity (Wildman–Crippen MR) is 128 cm³/mol. The summed E-state index contributed by atoms with van der Waals surface area (Å²) < 4.78 is 8.32. The number of aromatic nitrogens is 1. The van der Waals surface area contributed by atoms with Crippen LogP contribution in [0.4, 0.5) is 5.69 Å². The van der Waals surface area contributed by atoms with Crippen molar-refractivity contribution in [2.45, 2.75) is 26.5 Å². The molecule has 0 fully saturated rings. The lowest BCUT2D eigenvalue weighted by molar-refractivity contribution is -0.122. The SMILES string of the molecule is CCn1c2ccccc2c2cc(NC(=O)[C@H](C)Oc3cccc4ccccc34)ccc21. The monoisotopic (exact) mass is 408 g/mol. The molecule has 4 aromatic carbocycles. The van der Waals surface area contributed by atoms with Crippen LogP contribution in [0.25, 0.3) is 32.6 Å². The Morgan fingerprint density at radius 3 is 2.42 bits per heavy atom. The van der Waals surface area contributed by atoms with Crippen LogP contribution in [0.2, 0.25) is 0 Å². The molecule has 1 aromatic heterocycles. The number of anilines is 1. The lowest BCUT2D eigenvalue weighted by Crippen LogP contribution is -2.30. The molecule has 154 valence electrons. The van der Waals surface area contributed by atoms with E-state index in [4.69, 9.17) is 4.74 Å². The van der Waals surface area contributed by atoms with Crippen LogP contribution in [-0.4, -0.2) is 16.6 Å². The smallest absolute Gasteiger partial charge is 0.265 e. The number of rotatable bonds is 5. The first-order chi connectivity index (χ1) is 15.2. The van der Waals surface area contributed by atoms with E-state index in [0.717, 1.165) is 28.4 Å². The van der Waals surface area contributed by atoms with Crippen molar-refractivity contribution in [2.24, 2.45) is 0 Å². The number of fused-ring (bicyclic) bond motifs is 4. The van der Waals surface area contributed by atoms with Crippen molar-refractivity contribution in [3.63, 3.8) is 0 Å². The summed E-state index contributed by atoms with van der Waals surface area (Å²) >= 11 is 0. The molecular formula is C27H24N2O2. The second-order valence-corrected chi connectivity index (χ2v) is 7.72. The molecule has 0 unspecified atom stereocenters. The van der Waals surface area contributed by atoms with Gasteiger partial charge in [0.2, 0.25) is 0 Å². The molecule has 0 saturated heterocycles. The van der Waals surface area contributed by atoms with Gasteiger partial charge < -0.3 is 14.6 Å². The zero-order valence-corrected chi connectivity index (χ0v) is 17.6. The molecule has 5 aromatic rings. The van der Waals surface area contributed by atoms with Crippen molar-refractivity contribution in [1.29, 1.82) is 0 Å². The van der Waals surface area contributed by atoms with Crippen LogP contribution in [0.1, 0.15) is 13.8 Å². The molecule has 1 atom stereocenters. The van der Waals surface area contributed by atoms with E-state index in [1.807, 2.05) is 60.7 Å². The molecule has 0 radical (unpaired) electrons. The van der Waals surface area contributed by atoms with Gasteiger partial charge in [0.25, 0.3) is 5.91 Å². The molecule has 1 amide bonds. The first-order valence-corrected chi connectivity index (χ1v) is 10.6. The van der Waals surface area contributed by atoms with Gasteiger partial charge in [-0.2, -0.15) is 0 Å². The molecule has 31 heavy (non-hydrogen) atoms. The van der Waals surface area contributed by atoms with Crippen molar-refractivity contribution in [3.8, 4) is 5.75 Å². The number of para-hydroxylation sites is 1. The fourth-order valence-corrected chi connectivity index (χ4v) is 4.26. The molecule has 4 nitrogen and oxygen atoms in total. The van der Waals surface area contributed by atoms with Gasteiger partial charge in [0.15, 0.2) is 6.10 Å². The van der Waals surface area contributed by atoms with Crippen LogP contribution >= 0.6 is 0 Å². The van der Waals surface area contributed by atoms with Crippen molar-refractivity contribution in [3.05, 3.63) is 84.9 Å². The maximum absolute atomic E-state index is 12.9. The van der Waals surface area contributed by atoms with Gasteiger partial charge in [-0.3, -0.25) is 4.79 Å². The number of aryl methyl sites for hydroxylation is 1. The van der Waals surface area contributed by atoms with Crippen LogP contribution in [0.5, 0.6) is 5.75 Å². The lowest BCUT2D eigenvalue weighted by atomic mass is 10.1. The summed E-state index contributed by atoms with van der Waals surface area (Å²) in [5.41, 5.74) is 3.14. The number of nitrogens with zero attached hydrogens (tertiary/aromatic N) is 1. The average Bonchev–Trinajstić information content (AvgIpc) is 3.12. The minimum atomic E-state index is -0.626. The van der Waals surface area contributed by atoms with Gasteiger partial charge in [-0.25, -0.2) is 0 Å². The normalized spacial score (nSPS) is 12.3. The Bertz CT molecular complexity index is 1410. The second-order valence-electron chi connectivity index (χ2n) is 7.72. The standard InChI is InChI=1S/C27H24N2O2/c1-3-29-24-13-7-6-12-22(24)23-17-20(15-16-25(23)29)28-27(30)18(2)31-26-14-8-10-19-9-4-5-11-21(19)26/h4-18H,3H2,1-2H3,(H,28,30)/t18-/m0/s1. The Kier molecular flexibility index (Phi) is 4.83. The maximum Gasteiger partial charge on any atom is 0.265 e. The highest BCUT2D eigenvalue weighted by atomic mass is 16.5. The third-order valence-corrected chi connectivity index (χ3v) is 5.78. The van der Waals surface area contributed by atoms with Gasteiger partial charge in [0.05, 0.1) is 0 Å². The first kappa shape index (κ1) is 19.2. The number of hydrogen-bond donors (Lipinski definition) is 1. The Hall–Kier alpha value is -3.79. The number of amides is 1. The molecule has 4 heteroatoms. The third-order valence-electron chi connectivity index (χ3n) is 5.78. The van der Waals surface area contributed by atoms with E-state index < -0.39 is 6.10 Å². The Morgan fingerprint density at radius 1 is 0.871 bits per heavy atom. The average molecular weight is 409 g/mol. The third kappa shape index (κ3) is 3.40. The van der Waals surface area contributed by atoms with Gasteiger partial charge in [-0.05, 0) is 49.6 Å². The van der Waals surface area contributed by atoms with E-state index in [9.17, 15) is 4.79 Å². The highest BCUT2D eigenvalue weighted by Gasteiger charge is 2.17. The van der Waals surface area contributed by atoms with Crippen LogP contribution in [-0.2, 0) is 11.3 Å². The maximum atomic E-state index is 12.9. The topological polar surface area (TPSA) is 43.3 Å². The summed E-state index contributed by atoms with van der Waals surface area (Å²) in [5, 5.41) is 7.43. The summed E-state index contributed by atoms with van der Waals surface area (Å²) in [6.07, 6.45) is -0.626. The molecule has 0 bridgehead atoms. The number of carbonyl (C=O) groups is 1. The van der Waals surface area contributed by atoms with Crippen LogP contribution in [0, 0.1) is 0 Å². The second kappa shape index (κ2) is 7.80. The van der Waals surface area contributed by atoms with Crippen LogP contribution in [0.15, 0.2) is 84.9 Å². The van der Waals surface area contributed by atoms with E-state index in [0.29, 0.717) is 5.75 Å². The molecule has 0 aliphatic heterocycles. The Balaban J connectivity index is 1.41. The molecule has 0 aliphatic rings. The molecule has 1 N–H and O–H groups in total. The van der Waals surface area contributed by atoms with E-state index in [1.54, 1.807) is 6.92 Å². The van der Waals surface area contributed by atoms with Crippen LogP contribution in [0.3, 0.4) is 0 Å². The zero-order chi connectivity index (χ0) is 21.4. The summed E-state index contributed by atoms with van der Waals surface area (Å²) in [4.78, 5) is 12.9. The number of hydrogen-bond acceptors (Lipinski definition) is 2. The minimum Gasteiger partial charge on any atom is -0.480 e. The largest absolute Gasteiger partial charge is 0.480 e. The molecular weight excluding hydrogens is 384 g/mol. The first-order valence-electron chi connectivity index (χ1n) is 10.6. The molecule has 0 spiro atoms. The number of nitrogens with one attached hydrogen (secondary N) is 1. The summed E-state index contributed by atoms with van der Waals surface area (Å²) in [6.45, 7) is 4.82. The zero-order valence-electron chi connectivity index (χ0n) is 17.6. The van der Waals surface area contributed by atoms with Crippen molar-refractivity contribution in [1.82, 2.24) is 4.57 Å². The van der Waals surface area contributed by atoms with Crippen molar-refractivity contribution < 1.29 is 9.53 Å². The van der Waals surface area contributed by atoms with E-state index in [1.165, 1.54) is 16.4 Å². The Morgan fingerprint density at radius 2 is 1.58 bits per heavy atom. The summed E-state index contributed by atoms with van der Waals surface area (Å²) in [7, 11) is 0. The van der Waals surface area contributed by atoms with E-state index >= 15 is 0 Å². The van der Waals surface area contributed by atoms with Crippen molar-refractivity contribution in [2.75, 3.05) is 5.32 Å². The number of ether oxygens (including phenoxy) is 1. The van der Waals surface area contributed by atoms with Crippen LogP contribution < -0.4 is 10.1 Å². The predicted octanol–water partition coefficient (Wildman–Crippen LogP) is 6.37. The van der Waals surface area contributed by atoms with Gasteiger partial charge in [0.1, 0.15) is 5.75 Å².